The molecule has 1 heterocycles. The molecule has 1 saturated carbocycles. The first-order chi connectivity index (χ1) is 14.2. The summed E-state index contributed by atoms with van der Waals surface area (Å²) >= 11 is 6.17. The number of hydrogen-bond acceptors (Lipinski definition) is 5. The van der Waals surface area contributed by atoms with Gasteiger partial charge in [0.1, 0.15) is 11.6 Å². The molecule has 0 spiro atoms. The maximum Gasteiger partial charge on any atom is 0.239 e. The van der Waals surface area contributed by atoms with Gasteiger partial charge in [0.25, 0.3) is 0 Å². The van der Waals surface area contributed by atoms with Crippen LogP contribution < -0.4 is 16.0 Å². The van der Waals surface area contributed by atoms with Gasteiger partial charge >= 0.3 is 0 Å². The minimum Gasteiger partial charge on any atom is -0.360 e. The third kappa shape index (κ3) is 6.54. The molecule has 1 aromatic heterocycles. The van der Waals surface area contributed by atoms with Gasteiger partial charge in [-0.25, -0.2) is 9.97 Å². The lowest BCUT2D eigenvalue weighted by Crippen LogP contribution is -2.48. The molecule has 1 aliphatic rings. The van der Waals surface area contributed by atoms with Gasteiger partial charge in [0.2, 0.25) is 5.91 Å². The lowest BCUT2D eigenvalue weighted by molar-refractivity contribution is -0.120. The van der Waals surface area contributed by atoms with E-state index in [1.807, 2.05) is 18.2 Å². The Balaban J connectivity index is 1.57. The van der Waals surface area contributed by atoms with Crippen molar-refractivity contribution in [2.75, 3.05) is 11.9 Å². The Labute approximate surface area is 184 Å². The van der Waals surface area contributed by atoms with Crippen LogP contribution in [0.3, 0.4) is 0 Å². The Bertz CT molecular complexity index is 872. The van der Waals surface area contributed by atoms with Crippen LogP contribution in [0.4, 0.5) is 5.82 Å². The number of aryl methyl sites for hydroxylation is 1. The number of benzene rings is 1. The van der Waals surface area contributed by atoms with Gasteiger partial charge in [0.05, 0.1) is 12.1 Å². The van der Waals surface area contributed by atoms with E-state index in [2.05, 4.69) is 53.6 Å². The highest BCUT2D eigenvalue weighted by molar-refractivity contribution is 6.31. The van der Waals surface area contributed by atoms with E-state index in [9.17, 15) is 4.79 Å². The van der Waals surface area contributed by atoms with Crippen molar-refractivity contribution in [1.82, 2.24) is 20.6 Å². The summed E-state index contributed by atoms with van der Waals surface area (Å²) in [6, 6.07) is 6.34. The number of aromatic nitrogens is 2. The Kier molecular flexibility index (Phi) is 7.53. The quantitative estimate of drug-likeness (QED) is 0.603. The number of amides is 1. The van der Waals surface area contributed by atoms with Crippen molar-refractivity contribution in [2.45, 2.75) is 83.8 Å². The van der Waals surface area contributed by atoms with Crippen LogP contribution in [-0.4, -0.2) is 40.0 Å². The number of rotatable bonds is 7. The van der Waals surface area contributed by atoms with Crippen molar-refractivity contribution < 1.29 is 4.79 Å². The minimum absolute atomic E-state index is 0.00642. The highest BCUT2D eigenvalue weighted by atomic mass is 35.5. The second kappa shape index (κ2) is 9.92. The summed E-state index contributed by atoms with van der Waals surface area (Å²) in [5, 5.41) is 11.5. The number of anilines is 1. The zero-order valence-corrected chi connectivity index (χ0v) is 19.3. The fraction of sp³-hybridized carbons (Fsp3) is 0.609. The van der Waals surface area contributed by atoms with E-state index < -0.39 is 0 Å². The Morgan fingerprint density at radius 2 is 1.83 bits per heavy atom. The molecule has 1 fully saturated rings. The molecule has 1 aromatic carbocycles. The van der Waals surface area contributed by atoms with Gasteiger partial charge in [-0.1, -0.05) is 18.5 Å². The summed E-state index contributed by atoms with van der Waals surface area (Å²) in [5.41, 5.74) is 0.968. The largest absolute Gasteiger partial charge is 0.360 e. The molecule has 2 aromatic rings. The van der Waals surface area contributed by atoms with Crippen molar-refractivity contribution in [1.29, 1.82) is 0 Å². The van der Waals surface area contributed by atoms with Gasteiger partial charge in [0.15, 0.2) is 0 Å². The van der Waals surface area contributed by atoms with Crippen LogP contribution >= 0.6 is 11.6 Å². The molecule has 0 saturated heterocycles. The lowest BCUT2D eigenvalue weighted by atomic mass is 9.89. The van der Waals surface area contributed by atoms with Crippen molar-refractivity contribution in [3.63, 3.8) is 0 Å². The number of carbonyl (C=O) groups excluding carboxylic acids is 1. The van der Waals surface area contributed by atoms with Crippen LogP contribution in [0.2, 0.25) is 5.02 Å². The van der Waals surface area contributed by atoms with E-state index in [-0.39, 0.29) is 24.0 Å². The van der Waals surface area contributed by atoms with Gasteiger partial charge in [-0.3, -0.25) is 4.79 Å². The summed E-state index contributed by atoms with van der Waals surface area (Å²) in [5.74, 6) is 1.44. The molecule has 164 valence electrons. The van der Waals surface area contributed by atoms with Gasteiger partial charge in [0, 0.05) is 34.5 Å². The van der Waals surface area contributed by atoms with Crippen LogP contribution in [-0.2, 0) is 11.2 Å². The van der Waals surface area contributed by atoms with Crippen LogP contribution in [0.1, 0.15) is 65.6 Å². The van der Waals surface area contributed by atoms with Gasteiger partial charge in [-0.05, 0) is 71.1 Å². The molecule has 7 heteroatoms. The second-order valence-electron chi connectivity index (χ2n) is 9.26. The molecule has 1 aliphatic carbocycles. The molecule has 0 atom stereocenters. The molecule has 0 aliphatic heterocycles. The number of halogens is 1. The summed E-state index contributed by atoms with van der Waals surface area (Å²) < 4.78 is 0. The number of hydrogen-bond donors (Lipinski definition) is 3. The van der Waals surface area contributed by atoms with E-state index in [0.29, 0.717) is 16.9 Å². The predicted molar refractivity (Wildman–Crippen MR) is 124 cm³/mol. The average molecular weight is 432 g/mol. The monoisotopic (exact) mass is 431 g/mol. The van der Waals surface area contributed by atoms with E-state index in [1.165, 1.54) is 0 Å². The van der Waals surface area contributed by atoms with Gasteiger partial charge < -0.3 is 16.0 Å². The molecule has 3 N–H and O–H groups in total. The molecule has 30 heavy (non-hydrogen) atoms. The van der Waals surface area contributed by atoms with Crippen molar-refractivity contribution in [2.24, 2.45) is 0 Å². The van der Waals surface area contributed by atoms with Crippen molar-refractivity contribution in [3.05, 3.63) is 29.0 Å². The van der Waals surface area contributed by atoms with Gasteiger partial charge in [-0.2, -0.15) is 0 Å². The van der Waals surface area contributed by atoms with Crippen LogP contribution in [0.25, 0.3) is 10.9 Å². The fourth-order valence-corrected chi connectivity index (χ4v) is 4.23. The molecular weight excluding hydrogens is 398 g/mol. The smallest absolute Gasteiger partial charge is 0.239 e. The first-order valence-electron chi connectivity index (χ1n) is 11.0. The third-order valence-corrected chi connectivity index (χ3v) is 5.56. The van der Waals surface area contributed by atoms with E-state index in [1.54, 1.807) is 0 Å². The molecule has 0 bridgehead atoms. The second-order valence-corrected chi connectivity index (χ2v) is 9.70. The summed E-state index contributed by atoms with van der Waals surface area (Å²) in [6.45, 7) is 8.87. The number of nitrogens with one attached hydrogen (secondary N) is 3. The van der Waals surface area contributed by atoms with Crippen LogP contribution in [0, 0.1) is 0 Å². The Hall–Kier alpha value is -1.92. The maximum atomic E-state index is 12.5. The summed E-state index contributed by atoms with van der Waals surface area (Å²) in [7, 11) is 0. The summed E-state index contributed by atoms with van der Waals surface area (Å²) in [6.07, 6.45) is 5.95. The zero-order chi connectivity index (χ0) is 21.7. The highest BCUT2D eigenvalue weighted by Gasteiger charge is 2.25. The Morgan fingerprint density at radius 1 is 1.13 bits per heavy atom. The van der Waals surface area contributed by atoms with Crippen LogP contribution in [0.15, 0.2) is 18.2 Å². The fourth-order valence-electron chi connectivity index (χ4n) is 4.06. The zero-order valence-electron chi connectivity index (χ0n) is 18.5. The highest BCUT2D eigenvalue weighted by Crippen LogP contribution is 2.25. The lowest BCUT2D eigenvalue weighted by Gasteiger charge is -2.34. The maximum absolute atomic E-state index is 12.5. The predicted octanol–water partition coefficient (Wildman–Crippen LogP) is 4.46. The van der Waals surface area contributed by atoms with Gasteiger partial charge in [-0.15, -0.1) is 0 Å². The van der Waals surface area contributed by atoms with E-state index in [0.717, 1.165) is 55.3 Å². The minimum atomic E-state index is -0.00642. The number of nitrogens with zero attached hydrogens (tertiary/aromatic N) is 2. The topological polar surface area (TPSA) is 78.9 Å². The van der Waals surface area contributed by atoms with E-state index >= 15 is 0 Å². The van der Waals surface area contributed by atoms with E-state index in [4.69, 9.17) is 11.6 Å². The standard InChI is InChI=1S/C23H34ClN5O/c1-5-6-20-27-19-12-7-15(24)13-18(19)22(28-20)25-14-21(30)26-16-8-10-17(11-9-16)29-23(2,3)4/h7,12-13,16-17,29H,5-6,8-11,14H2,1-4H3,(H,26,30)(H,25,27,28)/t16-,17-. The molecular formula is C23H34ClN5O. The molecule has 0 radical (unpaired) electrons. The normalized spacial score (nSPS) is 19.6. The molecule has 3 rings (SSSR count). The average Bonchev–Trinajstić information content (AvgIpc) is 2.67. The first-order valence-corrected chi connectivity index (χ1v) is 11.4. The Morgan fingerprint density at radius 3 is 2.50 bits per heavy atom. The first kappa shape index (κ1) is 22.8. The van der Waals surface area contributed by atoms with Crippen molar-refractivity contribution >= 4 is 34.2 Å². The number of carbonyl (C=O) groups is 1. The molecule has 6 nitrogen and oxygen atoms in total. The number of fused-ring (bicyclic) bond motifs is 1. The van der Waals surface area contributed by atoms with Crippen molar-refractivity contribution in [3.8, 4) is 0 Å². The SMILES string of the molecule is CCCc1nc(NCC(=O)N[C@H]2CC[C@H](NC(C)(C)C)CC2)c2cc(Cl)ccc2n1. The molecule has 1 amide bonds. The molecule has 0 unspecified atom stereocenters. The third-order valence-electron chi connectivity index (χ3n) is 5.32. The van der Waals surface area contributed by atoms with Crippen LogP contribution in [0.5, 0.6) is 0 Å². The summed E-state index contributed by atoms with van der Waals surface area (Å²) in [4.78, 5) is 21.8.